The van der Waals surface area contributed by atoms with E-state index in [0.29, 0.717) is 6.54 Å². The van der Waals surface area contributed by atoms with E-state index in [4.69, 9.17) is 5.73 Å². The summed E-state index contributed by atoms with van der Waals surface area (Å²) in [5, 5.41) is 9.23. The molecule has 1 amide bonds. The van der Waals surface area contributed by atoms with Crippen LogP contribution < -0.4 is 5.73 Å². The van der Waals surface area contributed by atoms with Crippen LogP contribution in [0.25, 0.3) is 0 Å². The zero-order valence-corrected chi connectivity index (χ0v) is 12.4. The zero-order valence-electron chi connectivity index (χ0n) is 11.6. The van der Waals surface area contributed by atoms with Crippen LogP contribution in [0.5, 0.6) is 0 Å². The van der Waals surface area contributed by atoms with Gasteiger partial charge in [0.2, 0.25) is 5.91 Å². The quantitative estimate of drug-likeness (QED) is 0.652. The number of nitrogens with two attached hydrogens (primary N) is 1. The third-order valence-corrected chi connectivity index (χ3v) is 5.27. The molecule has 1 saturated heterocycles. The second-order valence-electron chi connectivity index (χ2n) is 5.31. The minimum atomic E-state index is -3.38. The monoisotopic (exact) mass is 306 g/mol. The fourth-order valence-electron chi connectivity index (χ4n) is 2.54. The van der Waals surface area contributed by atoms with Crippen molar-refractivity contribution in [1.29, 1.82) is 0 Å². The van der Waals surface area contributed by atoms with Crippen LogP contribution in [-0.4, -0.2) is 60.9 Å². The highest BCUT2D eigenvalue weighted by atomic mass is 32.2. The number of likely N-dealkylation sites (tertiary alicyclic amines) is 1. The fourth-order valence-corrected chi connectivity index (χ4v) is 3.77. The maximum Gasteiger partial charge on any atom is 0.321 e. The lowest BCUT2D eigenvalue weighted by Crippen LogP contribution is -2.50. The average molecular weight is 306 g/mol. The van der Waals surface area contributed by atoms with Crippen LogP contribution >= 0.6 is 0 Å². The average Bonchev–Trinajstić information content (AvgIpc) is 2.34. The molecule has 8 heteroatoms. The van der Waals surface area contributed by atoms with Gasteiger partial charge in [0.05, 0.1) is 11.5 Å². The Labute approximate surface area is 119 Å². The molecule has 7 nitrogen and oxygen atoms in total. The largest absolute Gasteiger partial charge is 0.480 e. The number of carbonyl (C=O) groups is 2. The summed E-state index contributed by atoms with van der Waals surface area (Å²) in [4.78, 5) is 23.6. The molecule has 20 heavy (non-hydrogen) atoms. The number of sulfone groups is 1. The van der Waals surface area contributed by atoms with Crippen LogP contribution in [0.2, 0.25) is 0 Å². The Hall–Kier alpha value is -1.15. The van der Waals surface area contributed by atoms with Gasteiger partial charge in [0.25, 0.3) is 0 Å². The molecule has 0 aliphatic carbocycles. The van der Waals surface area contributed by atoms with E-state index in [2.05, 4.69) is 0 Å². The first-order chi connectivity index (χ1) is 9.23. The predicted molar refractivity (Wildman–Crippen MR) is 73.9 cm³/mol. The lowest BCUT2D eigenvalue weighted by atomic mass is 9.91. The molecule has 0 aromatic carbocycles. The van der Waals surface area contributed by atoms with Gasteiger partial charge >= 0.3 is 5.97 Å². The number of aliphatic carboxylic acids is 1. The lowest BCUT2D eigenvalue weighted by molar-refractivity contribution is -0.146. The Bertz CT molecular complexity index is 462. The van der Waals surface area contributed by atoms with Gasteiger partial charge in [-0.1, -0.05) is 6.92 Å². The standard InChI is InChI=1S/C12H22N2O5S/c1-9-3-2-5-14(11(9)12(16)17)6-8-20(18,19)7-4-10(13)15/h9,11H,2-8H2,1H3,(H2,13,15)(H,16,17). The van der Waals surface area contributed by atoms with Crippen LogP contribution in [0.4, 0.5) is 0 Å². The first kappa shape index (κ1) is 16.9. The van der Waals surface area contributed by atoms with Crippen LogP contribution in [0.3, 0.4) is 0 Å². The Morgan fingerprint density at radius 2 is 2.00 bits per heavy atom. The molecule has 116 valence electrons. The van der Waals surface area contributed by atoms with E-state index in [1.54, 1.807) is 4.90 Å². The number of piperidine rings is 1. The number of carbonyl (C=O) groups excluding carboxylic acids is 1. The number of hydrogen-bond donors (Lipinski definition) is 2. The topological polar surface area (TPSA) is 118 Å². The summed E-state index contributed by atoms with van der Waals surface area (Å²) in [7, 11) is -3.38. The van der Waals surface area contributed by atoms with Crippen molar-refractivity contribution in [2.24, 2.45) is 11.7 Å². The number of carboxylic acids is 1. The highest BCUT2D eigenvalue weighted by Gasteiger charge is 2.34. The molecule has 1 heterocycles. The molecule has 1 aliphatic heterocycles. The molecule has 0 bridgehead atoms. The number of rotatable bonds is 7. The number of primary amides is 1. The summed E-state index contributed by atoms with van der Waals surface area (Å²) >= 11 is 0. The summed E-state index contributed by atoms with van der Waals surface area (Å²) in [6.07, 6.45) is 1.51. The lowest BCUT2D eigenvalue weighted by Gasteiger charge is -2.37. The fraction of sp³-hybridized carbons (Fsp3) is 0.833. The van der Waals surface area contributed by atoms with Gasteiger partial charge in [0, 0.05) is 13.0 Å². The summed E-state index contributed by atoms with van der Waals surface area (Å²) in [5.74, 6) is -1.97. The van der Waals surface area contributed by atoms with Gasteiger partial charge < -0.3 is 10.8 Å². The molecule has 0 aromatic heterocycles. The molecule has 0 saturated carbocycles. The molecule has 1 aliphatic rings. The van der Waals surface area contributed by atoms with Gasteiger partial charge in [-0.15, -0.1) is 0 Å². The van der Waals surface area contributed by atoms with E-state index in [9.17, 15) is 23.1 Å². The first-order valence-corrected chi connectivity index (χ1v) is 8.50. The molecular formula is C12H22N2O5S. The molecule has 1 rings (SSSR count). The minimum absolute atomic E-state index is 0.00886. The third kappa shape index (κ3) is 5.09. The molecule has 2 unspecified atom stereocenters. The Morgan fingerprint density at radius 3 is 2.55 bits per heavy atom. The summed E-state index contributed by atoms with van der Waals surface area (Å²) in [6.45, 7) is 2.64. The molecule has 0 aromatic rings. The van der Waals surface area contributed by atoms with Gasteiger partial charge in [0.1, 0.15) is 6.04 Å². The molecular weight excluding hydrogens is 284 g/mol. The smallest absolute Gasteiger partial charge is 0.321 e. The Balaban J connectivity index is 2.58. The Morgan fingerprint density at radius 1 is 1.35 bits per heavy atom. The van der Waals surface area contributed by atoms with Gasteiger partial charge in [-0.2, -0.15) is 0 Å². The maximum absolute atomic E-state index is 11.8. The summed E-state index contributed by atoms with van der Waals surface area (Å²) in [6, 6.07) is -0.630. The van der Waals surface area contributed by atoms with Crippen molar-refractivity contribution < 1.29 is 23.1 Å². The molecule has 1 fully saturated rings. The second kappa shape index (κ2) is 7.03. The third-order valence-electron chi connectivity index (χ3n) is 3.64. The van der Waals surface area contributed by atoms with Gasteiger partial charge in [-0.25, -0.2) is 8.42 Å². The number of carboxylic acid groups (broad SMARTS) is 1. The Kier molecular flexibility index (Phi) is 5.94. The van der Waals surface area contributed by atoms with Crippen LogP contribution in [0.15, 0.2) is 0 Å². The van der Waals surface area contributed by atoms with Crippen LogP contribution in [-0.2, 0) is 19.4 Å². The first-order valence-electron chi connectivity index (χ1n) is 6.68. The van der Waals surface area contributed by atoms with E-state index >= 15 is 0 Å². The predicted octanol–water partition coefficient (Wildman–Crippen LogP) is -0.538. The van der Waals surface area contributed by atoms with E-state index in [1.807, 2.05) is 6.92 Å². The van der Waals surface area contributed by atoms with Crippen molar-refractivity contribution in [3.05, 3.63) is 0 Å². The van der Waals surface area contributed by atoms with E-state index in [-0.39, 0.29) is 30.4 Å². The van der Waals surface area contributed by atoms with Gasteiger partial charge in [-0.05, 0) is 25.3 Å². The van der Waals surface area contributed by atoms with Crippen molar-refractivity contribution in [3.63, 3.8) is 0 Å². The molecule has 2 atom stereocenters. The number of hydrogen-bond acceptors (Lipinski definition) is 5. The second-order valence-corrected chi connectivity index (χ2v) is 7.61. The molecule has 0 spiro atoms. The van der Waals surface area contributed by atoms with Crippen molar-refractivity contribution in [2.75, 3.05) is 24.6 Å². The summed E-state index contributed by atoms with van der Waals surface area (Å²) in [5.41, 5.74) is 4.93. The normalized spacial score (nSPS) is 24.4. The maximum atomic E-state index is 11.8. The van der Waals surface area contributed by atoms with Crippen molar-refractivity contribution in [1.82, 2.24) is 4.90 Å². The SMILES string of the molecule is CC1CCCN(CCS(=O)(=O)CCC(N)=O)C1C(=O)O. The minimum Gasteiger partial charge on any atom is -0.480 e. The summed E-state index contributed by atoms with van der Waals surface area (Å²) < 4.78 is 23.5. The zero-order chi connectivity index (χ0) is 15.3. The number of nitrogens with zero attached hydrogens (tertiary/aromatic N) is 1. The highest BCUT2D eigenvalue weighted by Crippen LogP contribution is 2.23. The number of amides is 1. The highest BCUT2D eigenvalue weighted by molar-refractivity contribution is 7.91. The van der Waals surface area contributed by atoms with Gasteiger partial charge in [0.15, 0.2) is 9.84 Å². The van der Waals surface area contributed by atoms with Crippen molar-refractivity contribution in [2.45, 2.75) is 32.2 Å². The van der Waals surface area contributed by atoms with E-state index < -0.39 is 27.8 Å². The van der Waals surface area contributed by atoms with E-state index in [1.165, 1.54) is 0 Å². The van der Waals surface area contributed by atoms with Crippen LogP contribution in [0, 0.1) is 5.92 Å². The molecule has 0 radical (unpaired) electrons. The van der Waals surface area contributed by atoms with Gasteiger partial charge in [-0.3, -0.25) is 14.5 Å². The molecule has 3 N–H and O–H groups in total. The van der Waals surface area contributed by atoms with Crippen molar-refractivity contribution >= 4 is 21.7 Å². The van der Waals surface area contributed by atoms with Crippen LogP contribution in [0.1, 0.15) is 26.2 Å². The van der Waals surface area contributed by atoms with Crippen molar-refractivity contribution in [3.8, 4) is 0 Å². The van der Waals surface area contributed by atoms with E-state index in [0.717, 1.165) is 12.8 Å².